The fourth-order valence-electron chi connectivity index (χ4n) is 3.29. The van der Waals surface area contributed by atoms with Crippen LogP contribution in [0.4, 0.5) is 0 Å². The average Bonchev–Trinajstić information content (AvgIpc) is 2.74. The summed E-state index contributed by atoms with van der Waals surface area (Å²) in [6, 6.07) is 5.45. The van der Waals surface area contributed by atoms with Gasteiger partial charge in [0.05, 0.1) is 33.6 Å². The van der Waals surface area contributed by atoms with Gasteiger partial charge >= 0.3 is 0 Å². The molecule has 11 nitrogen and oxygen atoms in total. The van der Waals surface area contributed by atoms with Gasteiger partial charge in [0.25, 0.3) is 0 Å². The SMILES string of the molecule is COc1ccc(CCNC(=O)CNC(=O)[C@@]2(C)CN(S(C)(=O)=O)CC(=O)N2C)cc1OC. The molecular weight excluding hydrogens is 440 g/mol. The van der Waals surface area contributed by atoms with Gasteiger partial charge in [0.2, 0.25) is 27.7 Å². The number of rotatable bonds is 9. The summed E-state index contributed by atoms with van der Waals surface area (Å²) in [6.45, 7) is 0.977. The average molecular weight is 471 g/mol. The summed E-state index contributed by atoms with van der Waals surface area (Å²) < 4.78 is 35.1. The van der Waals surface area contributed by atoms with E-state index in [4.69, 9.17) is 9.47 Å². The highest BCUT2D eigenvalue weighted by Gasteiger charge is 2.47. The van der Waals surface area contributed by atoms with E-state index in [0.29, 0.717) is 24.5 Å². The summed E-state index contributed by atoms with van der Waals surface area (Å²) in [5.41, 5.74) is -0.499. The van der Waals surface area contributed by atoms with Crippen molar-refractivity contribution in [2.45, 2.75) is 18.9 Å². The second-order valence-electron chi connectivity index (χ2n) is 7.73. The molecule has 1 atom stereocenters. The van der Waals surface area contributed by atoms with Gasteiger partial charge in [-0.15, -0.1) is 0 Å². The molecule has 0 bridgehead atoms. The molecule has 0 unspecified atom stereocenters. The number of methoxy groups -OCH3 is 2. The molecular formula is C20H30N4O7S. The molecule has 0 radical (unpaired) electrons. The number of hydrogen-bond acceptors (Lipinski definition) is 7. The Morgan fingerprint density at radius 1 is 1.16 bits per heavy atom. The van der Waals surface area contributed by atoms with Crippen LogP contribution in [0.15, 0.2) is 18.2 Å². The lowest BCUT2D eigenvalue weighted by Crippen LogP contribution is -2.68. The van der Waals surface area contributed by atoms with Crippen LogP contribution >= 0.6 is 0 Å². The largest absolute Gasteiger partial charge is 0.493 e. The van der Waals surface area contributed by atoms with Gasteiger partial charge in [-0.3, -0.25) is 14.4 Å². The fourth-order valence-corrected chi connectivity index (χ4v) is 4.12. The van der Waals surface area contributed by atoms with Crippen molar-refractivity contribution in [1.82, 2.24) is 19.8 Å². The first-order valence-corrected chi connectivity index (χ1v) is 11.7. The standard InChI is InChI=1S/C20H30N4O7S/c1-20(13-24(32(5,28)29)12-18(26)23(20)2)19(27)22-11-17(25)21-9-8-14-6-7-15(30-3)16(10-14)31-4/h6-7,10H,8-9,11-13H2,1-5H3,(H,21,25)(H,22,27)/t20-/m1/s1. The number of benzene rings is 1. The Kier molecular flexibility index (Phi) is 8.07. The van der Waals surface area contributed by atoms with Gasteiger partial charge in [0.1, 0.15) is 5.54 Å². The summed E-state index contributed by atoms with van der Waals surface area (Å²) >= 11 is 0. The number of carbonyl (C=O) groups is 3. The lowest BCUT2D eigenvalue weighted by atomic mass is 9.96. The van der Waals surface area contributed by atoms with Crippen LogP contribution in [0.5, 0.6) is 11.5 Å². The van der Waals surface area contributed by atoms with Gasteiger partial charge < -0.3 is 25.0 Å². The second kappa shape index (κ2) is 10.2. The Morgan fingerprint density at radius 2 is 1.81 bits per heavy atom. The van der Waals surface area contributed by atoms with E-state index < -0.39 is 33.3 Å². The molecule has 1 aromatic rings. The van der Waals surface area contributed by atoms with E-state index in [1.807, 2.05) is 12.1 Å². The Labute approximate surface area is 188 Å². The van der Waals surface area contributed by atoms with E-state index >= 15 is 0 Å². The molecule has 1 aliphatic heterocycles. The van der Waals surface area contributed by atoms with Crippen LogP contribution < -0.4 is 20.1 Å². The third kappa shape index (κ3) is 5.88. The minimum Gasteiger partial charge on any atom is -0.493 e. The van der Waals surface area contributed by atoms with Crippen LogP contribution in [-0.2, 0) is 30.8 Å². The van der Waals surface area contributed by atoms with E-state index in [2.05, 4.69) is 10.6 Å². The third-order valence-electron chi connectivity index (χ3n) is 5.46. The molecule has 2 N–H and O–H groups in total. The maximum atomic E-state index is 12.7. The lowest BCUT2D eigenvalue weighted by Gasteiger charge is -2.44. The highest BCUT2D eigenvalue weighted by molar-refractivity contribution is 7.88. The molecule has 12 heteroatoms. The highest BCUT2D eigenvalue weighted by Crippen LogP contribution is 2.27. The predicted octanol–water partition coefficient (Wildman–Crippen LogP) is -1.03. The molecule has 0 spiro atoms. The topological polar surface area (TPSA) is 134 Å². The molecule has 1 aromatic carbocycles. The number of ether oxygens (including phenoxy) is 2. The van der Waals surface area contributed by atoms with Crippen LogP contribution in [-0.4, -0.2) is 94.6 Å². The summed E-state index contributed by atoms with van der Waals surface area (Å²) in [7, 11) is 0.867. The molecule has 1 saturated heterocycles. The van der Waals surface area contributed by atoms with Gasteiger partial charge in [0, 0.05) is 20.1 Å². The number of carbonyl (C=O) groups excluding carboxylic acids is 3. The zero-order valence-electron chi connectivity index (χ0n) is 18.9. The van der Waals surface area contributed by atoms with Crippen LogP contribution in [0.25, 0.3) is 0 Å². The second-order valence-corrected chi connectivity index (χ2v) is 9.71. The van der Waals surface area contributed by atoms with Crippen molar-refractivity contribution in [3.63, 3.8) is 0 Å². The van der Waals surface area contributed by atoms with Crippen molar-refractivity contribution in [2.75, 3.05) is 53.7 Å². The van der Waals surface area contributed by atoms with Gasteiger partial charge in [-0.2, -0.15) is 4.31 Å². The molecule has 1 heterocycles. The van der Waals surface area contributed by atoms with Crippen LogP contribution in [0, 0.1) is 0 Å². The van der Waals surface area contributed by atoms with Crippen molar-refractivity contribution in [3.05, 3.63) is 23.8 Å². The van der Waals surface area contributed by atoms with E-state index in [1.54, 1.807) is 20.3 Å². The Morgan fingerprint density at radius 3 is 2.41 bits per heavy atom. The van der Waals surface area contributed by atoms with E-state index in [-0.39, 0.29) is 19.6 Å². The number of sulfonamides is 1. The summed E-state index contributed by atoms with van der Waals surface area (Å²) in [6.07, 6.45) is 1.52. The first kappa shape index (κ1) is 25.4. The maximum absolute atomic E-state index is 12.7. The zero-order chi connectivity index (χ0) is 24.1. The Bertz CT molecular complexity index is 982. The normalized spacial score (nSPS) is 19.4. The Balaban J connectivity index is 1.89. The van der Waals surface area contributed by atoms with Crippen molar-refractivity contribution < 1.29 is 32.3 Å². The predicted molar refractivity (Wildman–Crippen MR) is 117 cm³/mol. The van der Waals surface area contributed by atoms with Gasteiger partial charge in [-0.05, 0) is 31.0 Å². The van der Waals surface area contributed by atoms with E-state index in [9.17, 15) is 22.8 Å². The summed E-state index contributed by atoms with van der Waals surface area (Å²) in [5, 5.41) is 5.20. The third-order valence-corrected chi connectivity index (χ3v) is 6.66. The summed E-state index contributed by atoms with van der Waals surface area (Å²) in [4.78, 5) is 38.3. The minimum absolute atomic E-state index is 0.194. The van der Waals surface area contributed by atoms with Crippen LogP contribution in [0.1, 0.15) is 12.5 Å². The number of likely N-dealkylation sites (N-methyl/N-ethyl adjacent to an activating group) is 1. The van der Waals surface area contributed by atoms with Crippen molar-refractivity contribution in [1.29, 1.82) is 0 Å². The van der Waals surface area contributed by atoms with Crippen LogP contribution in [0.3, 0.4) is 0 Å². The molecule has 1 aliphatic rings. The molecule has 32 heavy (non-hydrogen) atoms. The smallest absolute Gasteiger partial charge is 0.247 e. The molecule has 0 saturated carbocycles. The first-order chi connectivity index (χ1) is 14.9. The number of nitrogens with one attached hydrogen (secondary N) is 2. The minimum atomic E-state index is -3.66. The molecule has 1 fully saturated rings. The zero-order valence-corrected chi connectivity index (χ0v) is 19.7. The maximum Gasteiger partial charge on any atom is 0.247 e. The van der Waals surface area contributed by atoms with Crippen molar-refractivity contribution in [3.8, 4) is 11.5 Å². The lowest BCUT2D eigenvalue weighted by molar-refractivity contribution is -0.150. The van der Waals surface area contributed by atoms with Gasteiger partial charge in [-0.1, -0.05) is 6.07 Å². The molecule has 178 valence electrons. The fraction of sp³-hybridized carbons (Fsp3) is 0.550. The molecule has 0 aromatic heterocycles. The number of hydrogen-bond donors (Lipinski definition) is 2. The number of amides is 3. The monoisotopic (exact) mass is 470 g/mol. The molecule has 3 amide bonds. The van der Waals surface area contributed by atoms with Crippen LogP contribution in [0.2, 0.25) is 0 Å². The number of nitrogens with zero attached hydrogens (tertiary/aromatic N) is 2. The summed E-state index contributed by atoms with van der Waals surface area (Å²) in [5.74, 6) is -0.328. The number of piperazine rings is 1. The highest BCUT2D eigenvalue weighted by atomic mass is 32.2. The van der Waals surface area contributed by atoms with Crippen molar-refractivity contribution >= 4 is 27.7 Å². The van der Waals surface area contributed by atoms with E-state index in [1.165, 1.54) is 18.9 Å². The first-order valence-electron chi connectivity index (χ1n) is 9.90. The van der Waals surface area contributed by atoms with Crippen molar-refractivity contribution in [2.24, 2.45) is 0 Å². The quantitative estimate of drug-likeness (QED) is 0.471. The van der Waals surface area contributed by atoms with Gasteiger partial charge in [0.15, 0.2) is 11.5 Å². The van der Waals surface area contributed by atoms with E-state index in [0.717, 1.165) is 16.1 Å². The Hall–Kier alpha value is -2.86. The molecule has 0 aliphatic carbocycles. The van der Waals surface area contributed by atoms with Gasteiger partial charge in [-0.25, -0.2) is 8.42 Å². The molecule has 2 rings (SSSR count).